The number of rotatable bonds is 6. The molecule has 0 spiro atoms. The molecule has 4 aromatic rings. The van der Waals surface area contributed by atoms with Crippen molar-refractivity contribution in [2.75, 3.05) is 17.7 Å². The van der Waals surface area contributed by atoms with Gasteiger partial charge in [0.25, 0.3) is 0 Å². The number of hydrogen-bond donors (Lipinski definition) is 3. The number of carbonyl (C=O) groups excluding carboxylic acids is 1. The number of carboxylic acids is 1. The van der Waals surface area contributed by atoms with Crippen LogP contribution in [0.5, 0.6) is 5.75 Å². The van der Waals surface area contributed by atoms with E-state index in [0.717, 1.165) is 23.8 Å². The summed E-state index contributed by atoms with van der Waals surface area (Å²) in [6, 6.07) is 10.7. The van der Waals surface area contributed by atoms with Gasteiger partial charge in [0, 0.05) is 29.9 Å². The molecule has 3 N–H and O–H groups in total. The van der Waals surface area contributed by atoms with Crippen LogP contribution < -0.4 is 15.4 Å². The van der Waals surface area contributed by atoms with E-state index in [9.17, 15) is 27.9 Å². The molecular weight excluding hydrogens is 477 g/mol. The van der Waals surface area contributed by atoms with Gasteiger partial charge in [0.05, 0.1) is 29.6 Å². The van der Waals surface area contributed by atoms with Crippen molar-refractivity contribution in [3.63, 3.8) is 0 Å². The topological polar surface area (TPSA) is 105 Å². The predicted octanol–water partition coefficient (Wildman–Crippen LogP) is 5.76. The molecule has 0 unspecified atom stereocenters. The van der Waals surface area contributed by atoms with Crippen LogP contribution in [0.1, 0.15) is 27.2 Å². The SMILES string of the molecule is COc1ccc(C(F)(F)F)cc1NC(=O)Nc1c(C)ccc2c1ccn2Cc1cccnc1C(=O)O. The summed E-state index contributed by atoms with van der Waals surface area (Å²) < 4.78 is 46.3. The number of nitrogens with zero attached hydrogens (tertiary/aromatic N) is 2. The van der Waals surface area contributed by atoms with E-state index < -0.39 is 23.7 Å². The first-order chi connectivity index (χ1) is 17.1. The number of nitrogens with one attached hydrogen (secondary N) is 2. The molecule has 0 aliphatic heterocycles. The van der Waals surface area contributed by atoms with Crippen LogP contribution >= 0.6 is 0 Å². The monoisotopic (exact) mass is 498 g/mol. The molecule has 0 atom stereocenters. The molecule has 11 heteroatoms. The van der Waals surface area contributed by atoms with E-state index in [4.69, 9.17) is 4.74 Å². The van der Waals surface area contributed by atoms with Crippen LogP contribution in [0.3, 0.4) is 0 Å². The van der Waals surface area contributed by atoms with Crippen molar-refractivity contribution in [1.29, 1.82) is 0 Å². The largest absolute Gasteiger partial charge is 0.495 e. The highest BCUT2D eigenvalue weighted by molar-refractivity contribution is 6.07. The standard InChI is InChI=1S/C25H21F3N4O4/c1-14-5-7-19-17(9-11-32(19)13-15-4-3-10-29-22(15)23(33)34)21(14)31-24(35)30-18-12-16(25(26,27)28)6-8-20(18)36-2/h3-12H,13H2,1-2H3,(H,33,34)(H2,30,31,35). The van der Waals surface area contributed by atoms with Crippen molar-refractivity contribution in [3.05, 3.63) is 83.3 Å². The van der Waals surface area contributed by atoms with E-state index in [1.165, 1.54) is 13.3 Å². The molecular formula is C25H21F3N4O4. The molecule has 2 heterocycles. The molecule has 0 fully saturated rings. The van der Waals surface area contributed by atoms with Crippen molar-refractivity contribution in [2.24, 2.45) is 0 Å². The van der Waals surface area contributed by atoms with Crippen LogP contribution in [-0.2, 0) is 12.7 Å². The Morgan fingerprint density at radius 2 is 1.89 bits per heavy atom. The Morgan fingerprint density at radius 3 is 2.58 bits per heavy atom. The lowest BCUT2D eigenvalue weighted by molar-refractivity contribution is -0.137. The first kappa shape index (κ1) is 24.6. The number of halogens is 3. The smallest absolute Gasteiger partial charge is 0.416 e. The maximum absolute atomic E-state index is 13.1. The molecule has 186 valence electrons. The minimum atomic E-state index is -4.58. The highest BCUT2D eigenvalue weighted by atomic mass is 19.4. The maximum atomic E-state index is 13.1. The fraction of sp³-hybridized carbons (Fsp3) is 0.160. The lowest BCUT2D eigenvalue weighted by atomic mass is 10.1. The van der Waals surface area contributed by atoms with Crippen molar-refractivity contribution < 1.29 is 32.6 Å². The summed E-state index contributed by atoms with van der Waals surface area (Å²) in [5.41, 5.74) is 1.28. The van der Waals surface area contributed by atoms with Crippen molar-refractivity contribution in [1.82, 2.24) is 9.55 Å². The summed E-state index contributed by atoms with van der Waals surface area (Å²) in [5.74, 6) is -1.06. The van der Waals surface area contributed by atoms with Gasteiger partial charge in [0.2, 0.25) is 0 Å². The van der Waals surface area contributed by atoms with Crippen LogP contribution in [0.4, 0.5) is 29.3 Å². The van der Waals surface area contributed by atoms with E-state index in [2.05, 4.69) is 15.6 Å². The number of methoxy groups -OCH3 is 1. The van der Waals surface area contributed by atoms with Gasteiger partial charge in [-0.3, -0.25) is 0 Å². The molecule has 36 heavy (non-hydrogen) atoms. The third-order valence-corrected chi connectivity index (χ3v) is 5.61. The molecule has 0 saturated carbocycles. The third-order valence-electron chi connectivity index (χ3n) is 5.61. The number of fused-ring (bicyclic) bond motifs is 1. The number of anilines is 2. The van der Waals surface area contributed by atoms with Crippen LogP contribution in [0.15, 0.2) is 60.9 Å². The number of aromatic carboxylic acids is 1. The number of pyridine rings is 1. The Labute approximate surface area is 203 Å². The Kier molecular flexibility index (Phi) is 6.56. The van der Waals surface area contributed by atoms with Gasteiger partial charge >= 0.3 is 18.2 Å². The fourth-order valence-corrected chi connectivity index (χ4v) is 3.88. The number of hydrogen-bond acceptors (Lipinski definition) is 4. The second kappa shape index (κ2) is 9.61. The number of carbonyl (C=O) groups is 2. The summed E-state index contributed by atoms with van der Waals surface area (Å²) >= 11 is 0. The van der Waals surface area contributed by atoms with Crippen LogP contribution in [0.25, 0.3) is 10.9 Å². The Hall–Kier alpha value is -4.54. The van der Waals surface area contributed by atoms with Gasteiger partial charge < -0.3 is 25.0 Å². The fourth-order valence-electron chi connectivity index (χ4n) is 3.88. The molecule has 4 rings (SSSR count). The lowest BCUT2D eigenvalue weighted by Crippen LogP contribution is -2.21. The summed E-state index contributed by atoms with van der Waals surface area (Å²) in [7, 11) is 1.29. The van der Waals surface area contributed by atoms with E-state index in [1.54, 1.807) is 37.4 Å². The van der Waals surface area contributed by atoms with Gasteiger partial charge in [-0.05, 0) is 48.9 Å². The van der Waals surface area contributed by atoms with Crippen LogP contribution in [-0.4, -0.2) is 33.8 Å². The number of ether oxygens (including phenoxy) is 1. The van der Waals surface area contributed by atoms with E-state index in [0.29, 0.717) is 22.2 Å². The molecule has 0 radical (unpaired) electrons. The zero-order valence-electron chi connectivity index (χ0n) is 19.2. The Bertz CT molecular complexity index is 1460. The second-order valence-electron chi connectivity index (χ2n) is 7.94. The van der Waals surface area contributed by atoms with E-state index in [-0.39, 0.29) is 23.7 Å². The number of alkyl halides is 3. The van der Waals surface area contributed by atoms with E-state index >= 15 is 0 Å². The van der Waals surface area contributed by atoms with Gasteiger partial charge in [0.1, 0.15) is 5.75 Å². The molecule has 2 amide bonds. The molecule has 0 aliphatic carbocycles. The lowest BCUT2D eigenvalue weighted by Gasteiger charge is -2.16. The van der Waals surface area contributed by atoms with Crippen LogP contribution in [0.2, 0.25) is 0 Å². The third kappa shape index (κ3) is 4.95. The van der Waals surface area contributed by atoms with Gasteiger partial charge in [0.15, 0.2) is 5.69 Å². The summed E-state index contributed by atoms with van der Waals surface area (Å²) in [6.07, 6.45) is -1.43. The molecule has 0 saturated heterocycles. The van der Waals surface area contributed by atoms with Crippen LogP contribution in [0, 0.1) is 6.92 Å². The minimum Gasteiger partial charge on any atom is -0.495 e. The maximum Gasteiger partial charge on any atom is 0.416 e. The normalized spacial score (nSPS) is 11.4. The Morgan fingerprint density at radius 1 is 1.11 bits per heavy atom. The highest BCUT2D eigenvalue weighted by Gasteiger charge is 2.31. The number of benzene rings is 2. The number of aromatic nitrogens is 2. The van der Waals surface area contributed by atoms with Gasteiger partial charge in [-0.2, -0.15) is 13.2 Å². The number of carboxylic acid groups (broad SMARTS) is 1. The zero-order chi connectivity index (χ0) is 26.0. The van der Waals surface area contributed by atoms with Crippen molar-refractivity contribution >= 4 is 34.3 Å². The molecule has 8 nitrogen and oxygen atoms in total. The molecule has 0 aliphatic rings. The van der Waals surface area contributed by atoms with Gasteiger partial charge in [-0.1, -0.05) is 12.1 Å². The second-order valence-corrected chi connectivity index (χ2v) is 7.94. The number of urea groups is 1. The summed E-state index contributed by atoms with van der Waals surface area (Å²) in [4.78, 5) is 28.2. The summed E-state index contributed by atoms with van der Waals surface area (Å²) in [6.45, 7) is 2.01. The van der Waals surface area contributed by atoms with Gasteiger partial charge in [-0.25, -0.2) is 14.6 Å². The molecule has 0 bridgehead atoms. The zero-order valence-corrected chi connectivity index (χ0v) is 19.2. The first-order valence-electron chi connectivity index (χ1n) is 10.7. The average molecular weight is 498 g/mol. The first-order valence-corrected chi connectivity index (χ1v) is 10.7. The number of aryl methyl sites for hydroxylation is 1. The minimum absolute atomic E-state index is 0.0563. The highest BCUT2D eigenvalue weighted by Crippen LogP contribution is 2.35. The molecule has 2 aromatic heterocycles. The molecule has 2 aromatic carbocycles. The van der Waals surface area contributed by atoms with Gasteiger partial charge in [-0.15, -0.1) is 0 Å². The average Bonchev–Trinajstić information content (AvgIpc) is 3.23. The Balaban J connectivity index is 1.63. The quantitative estimate of drug-likeness (QED) is 0.313. The van der Waals surface area contributed by atoms with Crippen molar-refractivity contribution in [2.45, 2.75) is 19.6 Å². The predicted molar refractivity (Wildman–Crippen MR) is 128 cm³/mol. The summed E-state index contributed by atoms with van der Waals surface area (Å²) in [5, 5.41) is 15.2. The van der Waals surface area contributed by atoms with E-state index in [1.807, 2.05) is 10.6 Å². The number of amides is 2. The van der Waals surface area contributed by atoms with Crippen molar-refractivity contribution in [3.8, 4) is 5.75 Å².